The van der Waals surface area contributed by atoms with Crippen molar-refractivity contribution in [2.24, 2.45) is 0 Å². The molecule has 6 nitrogen and oxygen atoms in total. The van der Waals surface area contributed by atoms with Crippen LogP contribution < -0.4 is 11.1 Å². The first-order chi connectivity index (χ1) is 8.09. The van der Waals surface area contributed by atoms with Gasteiger partial charge in [-0.05, 0) is 0 Å². The second-order valence-corrected chi connectivity index (χ2v) is 5.11. The van der Waals surface area contributed by atoms with Crippen LogP contribution in [0.5, 0.6) is 0 Å². The molecule has 0 aliphatic heterocycles. The fourth-order valence-electron chi connectivity index (χ4n) is 1.06. The van der Waals surface area contributed by atoms with Gasteiger partial charge in [0.15, 0.2) is 0 Å². The Kier molecular flexibility index (Phi) is 6.06. The van der Waals surface area contributed by atoms with E-state index in [1.54, 1.807) is 25.0 Å². The van der Waals surface area contributed by atoms with Gasteiger partial charge >= 0.3 is 6.03 Å². The van der Waals surface area contributed by atoms with Gasteiger partial charge in [-0.15, -0.1) is 0 Å². The van der Waals surface area contributed by atoms with Crippen LogP contribution in [0.3, 0.4) is 0 Å². The minimum absolute atomic E-state index is 0.197. The molecule has 8 heteroatoms. The Hall–Kier alpha value is -1.02. The Labute approximate surface area is 110 Å². The molecule has 0 saturated carbocycles. The van der Waals surface area contributed by atoms with Crippen LogP contribution in [-0.4, -0.2) is 40.4 Å². The Morgan fingerprint density at radius 1 is 1.71 bits per heavy atom. The van der Waals surface area contributed by atoms with Crippen LogP contribution in [0.2, 0.25) is 0 Å². The summed E-state index contributed by atoms with van der Waals surface area (Å²) in [4.78, 5) is 14.9. The number of anilines is 1. The molecule has 0 aliphatic rings. The number of hydrogen-bond donors (Lipinski definition) is 3. The van der Waals surface area contributed by atoms with Gasteiger partial charge in [-0.3, -0.25) is 4.31 Å². The summed E-state index contributed by atoms with van der Waals surface area (Å²) in [5.41, 5.74) is 5.35. The third kappa shape index (κ3) is 5.73. The first kappa shape index (κ1) is 14.0. The maximum Gasteiger partial charge on any atom is 0.326 e. The molecule has 0 radical (unpaired) electrons. The minimum Gasteiger partial charge on any atom is -0.429 e. The number of nitrogen functional groups attached to an aromatic ring is 1. The molecule has 0 aliphatic carbocycles. The van der Waals surface area contributed by atoms with E-state index in [9.17, 15) is 4.79 Å². The van der Waals surface area contributed by atoms with Crippen LogP contribution in [0.4, 0.5) is 10.8 Å². The molecule has 1 aromatic rings. The molecule has 0 aromatic carbocycles. The molecule has 96 valence electrons. The molecule has 1 heterocycles. The maximum atomic E-state index is 11.1. The number of thioether (sulfide) groups is 1. The molecule has 0 unspecified atom stereocenters. The summed E-state index contributed by atoms with van der Waals surface area (Å²) in [7, 11) is 1.58. The average Bonchev–Trinajstić information content (AvgIpc) is 2.68. The largest absolute Gasteiger partial charge is 0.429 e. The Balaban J connectivity index is 2.00. The lowest BCUT2D eigenvalue weighted by Crippen LogP contribution is -2.33. The van der Waals surface area contributed by atoms with Crippen molar-refractivity contribution in [1.29, 1.82) is 0 Å². The number of amides is 2. The monoisotopic (exact) mass is 276 g/mol. The van der Waals surface area contributed by atoms with E-state index in [0.29, 0.717) is 6.54 Å². The zero-order valence-corrected chi connectivity index (χ0v) is 11.3. The van der Waals surface area contributed by atoms with Gasteiger partial charge in [-0.2, -0.15) is 11.8 Å². The predicted molar refractivity (Wildman–Crippen MR) is 72.1 cm³/mol. The topological polar surface area (TPSA) is 84.4 Å². The van der Waals surface area contributed by atoms with Gasteiger partial charge in [0.05, 0.1) is 6.20 Å². The lowest BCUT2D eigenvalue weighted by Gasteiger charge is -2.09. The molecule has 0 saturated heterocycles. The smallest absolute Gasteiger partial charge is 0.326 e. The molecule has 1 aromatic heterocycles. The van der Waals surface area contributed by atoms with Gasteiger partial charge in [0, 0.05) is 31.5 Å². The van der Waals surface area contributed by atoms with Crippen molar-refractivity contribution in [3.05, 3.63) is 12.0 Å². The first-order valence-corrected chi connectivity index (χ1v) is 6.63. The molecule has 2 amide bonds. The normalized spacial score (nSPS) is 10.2. The number of nitrogens with one attached hydrogen (secondary N) is 1. The zero-order valence-electron chi connectivity index (χ0n) is 9.55. The second kappa shape index (κ2) is 7.33. The van der Waals surface area contributed by atoms with E-state index in [-0.39, 0.29) is 12.0 Å². The van der Waals surface area contributed by atoms with Gasteiger partial charge in [0.1, 0.15) is 5.76 Å². The van der Waals surface area contributed by atoms with E-state index in [0.717, 1.165) is 23.7 Å². The van der Waals surface area contributed by atoms with Crippen LogP contribution in [0.1, 0.15) is 5.76 Å². The molecule has 3 N–H and O–H groups in total. The number of nitrogens with two attached hydrogens (primary N) is 1. The molecule has 0 spiro atoms. The standard InChI is InChI=1S/C9H16N4O2S2/c1-13(16)9(14)11-3-5-17-4-2-7-6-12-8(10)15-7/h6,16H,2-5H2,1H3,(H2,10,12)(H,11,14). The van der Waals surface area contributed by atoms with Crippen molar-refractivity contribution in [2.75, 3.05) is 30.8 Å². The summed E-state index contributed by atoms with van der Waals surface area (Å²) in [5, 5.41) is 2.72. The highest BCUT2D eigenvalue weighted by molar-refractivity contribution is 7.99. The first-order valence-electron chi connectivity index (χ1n) is 5.08. The van der Waals surface area contributed by atoms with Gasteiger partial charge in [0.25, 0.3) is 6.01 Å². The van der Waals surface area contributed by atoms with E-state index < -0.39 is 0 Å². The third-order valence-electron chi connectivity index (χ3n) is 1.88. The van der Waals surface area contributed by atoms with Crippen molar-refractivity contribution in [1.82, 2.24) is 14.6 Å². The number of aryl methyl sites for hydroxylation is 1. The number of carbonyl (C=O) groups excluding carboxylic acids is 1. The van der Waals surface area contributed by atoms with E-state index in [1.807, 2.05) is 0 Å². The van der Waals surface area contributed by atoms with Crippen molar-refractivity contribution in [2.45, 2.75) is 6.42 Å². The minimum atomic E-state index is -0.197. The lowest BCUT2D eigenvalue weighted by molar-refractivity contribution is 0.231. The maximum absolute atomic E-state index is 11.1. The number of hydrogen-bond acceptors (Lipinski definition) is 6. The fourth-order valence-corrected chi connectivity index (χ4v) is 1.92. The van der Waals surface area contributed by atoms with E-state index in [2.05, 4.69) is 23.1 Å². The highest BCUT2D eigenvalue weighted by atomic mass is 32.2. The highest BCUT2D eigenvalue weighted by Gasteiger charge is 2.03. The lowest BCUT2D eigenvalue weighted by atomic mass is 10.4. The summed E-state index contributed by atoms with van der Waals surface area (Å²) in [6.07, 6.45) is 2.42. The fraction of sp³-hybridized carbons (Fsp3) is 0.556. The van der Waals surface area contributed by atoms with E-state index in [1.165, 1.54) is 4.31 Å². The SMILES string of the molecule is CN(S)C(=O)NCCSCCc1cnc(N)o1. The number of rotatable bonds is 6. The van der Waals surface area contributed by atoms with Crippen LogP contribution in [0.25, 0.3) is 0 Å². The Morgan fingerprint density at radius 3 is 3.06 bits per heavy atom. The number of thiol groups is 1. The quantitative estimate of drug-likeness (QED) is 0.533. The summed E-state index contributed by atoms with van der Waals surface area (Å²) < 4.78 is 6.34. The second-order valence-electron chi connectivity index (χ2n) is 3.28. The van der Waals surface area contributed by atoms with Crippen LogP contribution in [0, 0.1) is 0 Å². The Morgan fingerprint density at radius 2 is 2.47 bits per heavy atom. The Bertz CT molecular complexity index is 357. The number of aromatic nitrogens is 1. The summed E-state index contributed by atoms with van der Waals surface area (Å²) >= 11 is 5.59. The summed E-state index contributed by atoms with van der Waals surface area (Å²) in [6, 6.07) is 0.00558. The molecular weight excluding hydrogens is 260 g/mol. The molecule has 0 bridgehead atoms. The van der Waals surface area contributed by atoms with Crippen molar-refractivity contribution < 1.29 is 9.21 Å². The van der Waals surface area contributed by atoms with Gasteiger partial charge in [0.2, 0.25) is 0 Å². The number of nitrogens with zero attached hydrogens (tertiary/aromatic N) is 2. The van der Waals surface area contributed by atoms with Crippen LogP contribution >= 0.6 is 24.6 Å². The molecule has 0 fully saturated rings. The third-order valence-corrected chi connectivity index (χ3v) is 3.05. The number of oxazole rings is 1. The van der Waals surface area contributed by atoms with E-state index in [4.69, 9.17) is 10.2 Å². The molecule has 0 atom stereocenters. The molecule has 1 rings (SSSR count). The van der Waals surface area contributed by atoms with Gasteiger partial charge < -0.3 is 15.5 Å². The van der Waals surface area contributed by atoms with Crippen LogP contribution in [0.15, 0.2) is 10.6 Å². The number of urea groups is 1. The number of carbonyl (C=O) groups is 1. The van der Waals surface area contributed by atoms with Crippen LogP contribution in [-0.2, 0) is 6.42 Å². The van der Waals surface area contributed by atoms with Crippen molar-refractivity contribution in [3.63, 3.8) is 0 Å². The van der Waals surface area contributed by atoms with Crippen molar-refractivity contribution in [3.8, 4) is 0 Å². The highest BCUT2D eigenvalue weighted by Crippen LogP contribution is 2.09. The van der Waals surface area contributed by atoms with Gasteiger partial charge in [-0.25, -0.2) is 9.78 Å². The summed E-state index contributed by atoms with van der Waals surface area (Å²) in [6.45, 7) is 0.618. The molecule has 17 heavy (non-hydrogen) atoms. The molecular formula is C9H16N4O2S2. The predicted octanol–water partition coefficient (Wildman–Crippen LogP) is 1.02. The average molecular weight is 276 g/mol. The zero-order chi connectivity index (χ0) is 12.7. The van der Waals surface area contributed by atoms with Crippen molar-refractivity contribution >= 4 is 36.6 Å². The van der Waals surface area contributed by atoms with Gasteiger partial charge in [-0.1, -0.05) is 12.8 Å². The van der Waals surface area contributed by atoms with E-state index >= 15 is 0 Å². The summed E-state index contributed by atoms with van der Waals surface area (Å²) in [5.74, 6) is 2.53.